The average molecular weight is 450 g/mol. The standard InChI is InChI=1S/C25H32N6O2/c1-17(32)30-10-7-23(28-21-8-11-33-16-21)22(15-30)25(26)31-9-3-4-19-12-18(5-6-24(19)31)20-13-27-29(2)14-20/h5-6,12-14,21,26,28H,3-4,7-11,15-16H2,1-2H3/p+1/t21-/m0/s1. The highest BCUT2D eigenvalue weighted by Gasteiger charge is 2.32. The molecule has 8 nitrogen and oxygen atoms in total. The van der Waals surface area contributed by atoms with Crippen LogP contribution in [0.3, 0.4) is 0 Å². The lowest BCUT2D eigenvalue weighted by Gasteiger charge is -2.36. The molecule has 4 heterocycles. The highest BCUT2D eigenvalue weighted by molar-refractivity contribution is 6.09. The van der Waals surface area contributed by atoms with Crippen molar-refractivity contribution in [2.24, 2.45) is 7.05 Å². The fourth-order valence-electron chi connectivity index (χ4n) is 5.17. The van der Waals surface area contributed by atoms with Crippen LogP contribution in [0.15, 0.2) is 41.9 Å². The second kappa shape index (κ2) is 9.11. The van der Waals surface area contributed by atoms with E-state index in [1.54, 1.807) is 6.92 Å². The number of nitrogens with zero attached hydrogens (tertiary/aromatic N) is 4. The van der Waals surface area contributed by atoms with Gasteiger partial charge in [-0.15, -0.1) is 0 Å². The van der Waals surface area contributed by atoms with Crippen LogP contribution < -0.4 is 10.2 Å². The van der Waals surface area contributed by atoms with E-state index >= 15 is 0 Å². The minimum Gasteiger partial charge on any atom is -0.375 e. The monoisotopic (exact) mass is 449 g/mol. The Labute approximate surface area is 194 Å². The summed E-state index contributed by atoms with van der Waals surface area (Å²) in [6, 6.07) is 6.92. The number of benzene rings is 1. The van der Waals surface area contributed by atoms with Crippen molar-refractivity contribution in [1.82, 2.24) is 14.7 Å². The molecular formula is C25H33N6O2+. The van der Waals surface area contributed by atoms with Crippen molar-refractivity contribution < 1.29 is 14.8 Å². The van der Waals surface area contributed by atoms with Crippen molar-refractivity contribution in [3.05, 3.63) is 47.4 Å². The van der Waals surface area contributed by atoms with Crippen LogP contribution in [-0.4, -0.2) is 65.3 Å². The van der Waals surface area contributed by atoms with E-state index < -0.39 is 0 Å². The van der Waals surface area contributed by atoms with E-state index in [1.807, 2.05) is 29.0 Å². The maximum Gasteiger partial charge on any atom is 0.219 e. The Balaban J connectivity index is 1.45. The summed E-state index contributed by atoms with van der Waals surface area (Å²) >= 11 is 0. The van der Waals surface area contributed by atoms with Gasteiger partial charge in [0.2, 0.25) is 5.91 Å². The summed E-state index contributed by atoms with van der Waals surface area (Å²) in [5, 5.41) is 15.8. The van der Waals surface area contributed by atoms with Gasteiger partial charge in [-0.25, -0.2) is 0 Å². The highest BCUT2D eigenvalue weighted by atomic mass is 16.5. The summed E-state index contributed by atoms with van der Waals surface area (Å²) in [5.41, 5.74) is 6.83. The van der Waals surface area contributed by atoms with E-state index in [2.05, 4.69) is 33.5 Å². The second-order valence-electron chi connectivity index (χ2n) is 9.33. The van der Waals surface area contributed by atoms with Crippen molar-refractivity contribution in [3.63, 3.8) is 0 Å². The summed E-state index contributed by atoms with van der Waals surface area (Å²) in [4.78, 5) is 16.2. The van der Waals surface area contributed by atoms with Crippen molar-refractivity contribution in [1.29, 1.82) is 5.41 Å². The molecule has 174 valence electrons. The summed E-state index contributed by atoms with van der Waals surface area (Å²) < 4.78 is 7.40. The predicted octanol–water partition coefficient (Wildman–Crippen LogP) is 1.68. The van der Waals surface area contributed by atoms with Crippen LogP contribution in [0.5, 0.6) is 0 Å². The van der Waals surface area contributed by atoms with E-state index in [9.17, 15) is 10.2 Å². The zero-order chi connectivity index (χ0) is 22.9. The third-order valence-electron chi connectivity index (χ3n) is 7.03. The number of amides is 1. The van der Waals surface area contributed by atoms with Crippen LogP contribution in [0.2, 0.25) is 0 Å². The fourth-order valence-corrected chi connectivity index (χ4v) is 5.17. The number of hydrogen-bond donors (Lipinski definition) is 2. The van der Waals surface area contributed by atoms with E-state index in [1.165, 1.54) is 11.3 Å². The van der Waals surface area contributed by atoms with Gasteiger partial charge in [0.15, 0.2) is 0 Å². The topological polar surface area (TPSA) is 91.1 Å². The Morgan fingerprint density at radius 1 is 1.24 bits per heavy atom. The smallest absolute Gasteiger partial charge is 0.219 e. The van der Waals surface area contributed by atoms with E-state index in [4.69, 9.17) is 4.74 Å². The number of ether oxygens (including phenoxy) is 1. The van der Waals surface area contributed by atoms with Gasteiger partial charge in [-0.3, -0.25) is 14.9 Å². The molecule has 5 rings (SSSR count). The van der Waals surface area contributed by atoms with Crippen LogP contribution >= 0.6 is 0 Å². The first-order valence-corrected chi connectivity index (χ1v) is 11.9. The molecule has 1 aromatic carbocycles. The van der Waals surface area contributed by atoms with Crippen LogP contribution in [0.4, 0.5) is 5.69 Å². The number of amidine groups is 1. The summed E-state index contributed by atoms with van der Waals surface area (Å²) in [7, 11) is 1.93. The van der Waals surface area contributed by atoms with Gasteiger partial charge in [0.05, 0.1) is 31.5 Å². The minimum absolute atomic E-state index is 0.0729. The third kappa shape index (κ3) is 4.45. The van der Waals surface area contributed by atoms with Crippen LogP contribution in [-0.2, 0) is 23.0 Å². The maximum absolute atomic E-state index is 12.1. The van der Waals surface area contributed by atoms with Gasteiger partial charge >= 0.3 is 0 Å². The molecule has 0 saturated carbocycles. The molecule has 3 aliphatic heterocycles. The quantitative estimate of drug-likeness (QED) is 0.549. The molecule has 1 fully saturated rings. The van der Waals surface area contributed by atoms with Gasteiger partial charge in [-0.1, -0.05) is 6.07 Å². The number of aromatic nitrogens is 2. The first-order chi connectivity index (χ1) is 16.0. The zero-order valence-electron chi connectivity index (χ0n) is 19.5. The number of carbonyl (C=O) groups excluding carboxylic acids is 1. The van der Waals surface area contributed by atoms with Gasteiger partial charge in [0.1, 0.15) is 17.6 Å². The molecule has 8 heteroatoms. The molecule has 1 aromatic heterocycles. The molecule has 0 radical (unpaired) electrons. The highest BCUT2D eigenvalue weighted by Crippen LogP contribution is 2.33. The number of quaternary nitrogens is 1. The number of carbonyl (C=O) groups is 1. The first kappa shape index (κ1) is 21.9. The largest absolute Gasteiger partial charge is 0.375 e. The number of fused-ring (bicyclic) bond motifs is 1. The van der Waals surface area contributed by atoms with E-state index in [-0.39, 0.29) is 5.91 Å². The molecule has 0 bridgehead atoms. The van der Waals surface area contributed by atoms with Crippen LogP contribution in [0, 0.1) is 5.41 Å². The molecule has 3 aliphatic rings. The molecule has 2 aromatic rings. The van der Waals surface area contributed by atoms with E-state index in [0.717, 1.165) is 74.4 Å². The fraction of sp³-hybridized carbons (Fsp3) is 0.480. The SMILES string of the molecule is CC(=O)N1CCC([NH2+][C@H]2CCOC2)=C(C(=N)N2CCCc3cc(-c4cnn(C)c4)ccc32)C1. The molecule has 33 heavy (non-hydrogen) atoms. The van der Waals surface area contributed by atoms with E-state index in [0.29, 0.717) is 18.4 Å². The lowest BCUT2D eigenvalue weighted by molar-refractivity contribution is -0.644. The number of nitrogens with one attached hydrogen (secondary N) is 1. The van der Waals surface area contributed by atoms with Crippen LogP contribution in [0.25, 0.3) is 11.1 Å². The molecular weight excluding hydrogens is 416 g/mol. The lowest BCUT2D eigenvalue weighted by atomic mass is 9.95. The number of aryl methyl sites for hydroxylation is 2. The number of rotatable bonds is 4. The van der Waals surface area contributed by atoms with Gasteiger partial charge in [0.25, 0.3) is 0 Å². The molecule has 1 saturated heterocycles. The number of anilines is 1. The molecule has 3 N–H and O–H groups in total. The summed E-state index contributed by atoms with van der Waals surface area (Å²) in [6.07, 6.45) is 7.76. The molecule has 1 atom stereocenters. The van der Waals surface area contributed by atoms with Gasteiger partial charge in [-0.2, -0.15) is 5.10 Å². The Morgan fingerprint density at radius 2 is 2.12 bits per heavy atom. The average Bonchev–Trinajstić information content (AvgIpc) is 3.49. The Kier molecular flexibility index (Phi) is 6.03. The van der Waals surface area contributed by atoms with Gasteiger partial charge in [0, 0.05) is 57.4 Å². The van der Waals surface area contributed by atoms with Crippen LogP contribution in [0.1, 0.15) is 31.7 Å². The lowest BCUT2D eigenvalue weighted by Crippen LogP contribution is -2.89. The number of hydrogen-bond acceptors (Lipinski definition) is 4. The Hall–Kier alpha value is -2.97. The maximum atomic E-state index is 12.1. The van der Waals surface area contributed by atoms with Gasteiger partial charge in [-0.05, 0) is 36.1 Å². The second-order valence-corrected chi connectivity index (χ2v) is 9.33. The number of nitrogens with two attached hydrogens (primary N) is 1. The van der Waals surface area contributed by atoms with Crippen molar-refractivity contribution in [3.8, 4) is 11.1 Å². The predicted molar refractivity (Wildman–Crippen MR) is 127 cm³/mol. The Bertz CT molecular complexity index is 1100. The zero-order valence-corrected chi connectivity index (χ0v) is 19.5. The van der Waals surface area contributed by atoms with Crippen molar-refractivity contribution >= 4 is 17.4 Å². The third-order valence-corrected chi connectivity index (χ3v) is 7.03. The Morgan fingerprint density at radius 3 is 2.85 bits per heavy atom. The first-order valence-electron chi connectivity index (χ1n) is 11.9. The molecule has 1 amide bonds. The summed E-state index contributed by atoms with van der Waals surface area (Å²) in [5.74, 6) is 0.602. The summed E-state index contributed by atoms with van der Waals surface area (Å²) in [6.45, 7) is 5.23. The minimum atomic E-state index is 0.0729. The van der Waals surface area contributed by atoms with Gasteiger partial charge < -0.3 is 19.9 Å². The normalized spacial score (nSPS) is 20.8. The molecule has 0 unspecified atom stereocenters. The van der Waals surface area contributed by atoms with Crippen molar-refractivity contribution in [2.45, 2.75) is 38.6 Å². The molecule has 0 aliphatic carbocycles. The molecule has 0 spiro atoms. The van der Waals surface area contributed by atoms with Crippen molar-refractivity contribution in [2.75, 3.05) is 37.7 Å².